The molecule has 1 aliphatic heterocycles. The lowest BCUT2D eigenvalue weighted by atomic mass is 9.87. The first-order valence-corrected chi connectivity index (χ1v) is 16.6. The second-order valence-electron chi connectivity index (χ2n) is 12.5. The molecule has 4 aromatic rings. The molecule has 1 fully saturated rings. The van der Waals surface area contributed by atoms with Crippen molar-refractivity contribution in [1.29, 1.82) is 0 Å². The Hall–Kier alpha value is -5.07. The fraction of sp³-hybridized carbons (Fsp3) is 0.316. The van der Waals surface area contributed by atoms with E-state index in [-0.39, 0.29) is 45.9 Å². The number of rotatable bonds is 9. The number of benzene rings is 3. The maximum atomic E-state index is 13.9. The monoisotopic (exact) mass is 685 g/mol. The van der Waals surface area contributed by atoms with E-state index in [2.05, 4.69) is 20.5 Å². The first-order chi connectivity index (χ1) is 24.1. The number of hydrogen-bond donors (Lipinski definition) is 2. The van der Waals surface area contributed by atoms with Gasteiger partial charge in [-0.15, -0.1) is 0 Å². The molecule has 9 nitrogen and oxygen atoms in total. The molecule has 2 N–H and O–H groups in total. The molecule has 3 amide bonds. The topological polar surface area (TPSA) is 104 Å². The summed E-state index contributed by atoms with van der Waals surface area (Å²) in [6, 6.07) is 19.8. The van der Waals surface area contributed by atoms with E-state index in [1.165, 1.54) is 36.0 Å². The number of likely N-dealkylation sites (N-methyl/N-ethyl adjacent to an activating group) is 1. The summed E-state index contributed by atoms with van der Waals surface area (Å²) in [5.74, 6) is -1.27. The molecule has 12 heteroatoms. The van der Waals surface area contributed by atoms with E-state index in [1.807, 2.05) is 24.3 Å². The summed E-state index contributed by atoms with van der Waals surface area (Å²) in [7, 11) is 1.69. The standard InChI is InChI=1S/C38H38F3N5O4/c1-45(16-17-46-18-20-50-21-19-46)37(49)28-9-4-8-26(22-28)35(47)44-33-13-12-29(38(39,40)41)24-31(33)34-23-27(14-15-42-34)36(48)43-32-11-5-7-25-6-2-3-10-30(25)32/h2-4,6,8-10,12-15,22-24,32H,5,7,11,16-21H2,1H3,(H,43,48)(H,44,47)/t32-/m0/s1. The Morgan fingerprint density at radius 3 is 2.48 bits per heavy atom. The van der Waals surface area contributed by atoms with Crippen LogP contribution in [0, 0.1) is 0 Å². The Morgan fingerprint density at radius 2 is 1.68 bits per heavy atom. The Kier molecular flexibility index (Phi) is 10.6. The lowest BCUT2D eigenvalue weighted by molar-refractivity contribution is -0.137. The molecule has 2 heterocycles. The molecule has 0 bridgehead atoms. The molecule has 1 aromatic heterocycles. The smallest absolute Gasteiger partial charge is 0.379 e. The summed E-state index contributed by atoms with van der Waals surface area (Å²) in [5.41, 5.74) is 2.09. The number of halogens is 3. The van der Waals surface area contributed by atoms with Crippen LogP contribution in [0.4, 0.5) is 18.9 Å². The number of carbonyl (C=O) groups is 3. The zero-order valence-corrected chi connectivity index (χ0v) is 27.6. The van der Waals surface area contributed by atoms with Gasteiger partial charge in [-0.2, -0.15) is 13.2 Å². The van der Waals surface area contributed by atoms with E-state index in [0.29, 0.717) is 31.9 Å². The van der Waals surface area contributed by atoms with Crippen LogP contribution in [-0.4, -0.2) is 78.9 Å². The predicted octanol–water partition coefficient (Wildman–Crippen LogP) is 6.23. The molecule has 0 radical (unpaired) electrons. The summed E-state index contributed by atoms with van der Waals surface area (Å²) in [6.07, 6.45) is -0.695. The Morgan fingerprint density at radius 1 is 0.920 bits per heavy atom. The third-order valence-corrected chi connectivity index (χ3v) is 9.14. The number of nitrogens with zero attached hydrogens (tertiary/aromatic N) is 3. The lowest BCUT2D eigenvalue weighted by Crippen LogP contribution is -2.41. The molecule has 260 valence electrons. The fourth-order valence-electron chi connectivity index (χ4n) is 6.33. The number of nitrogens with one attached hydrogen (secondary N) is 2. The van der Waals surface area contributed by atoms with Crippen LogP contribution < -0.4 is 10.6 Å². The number of aromatic nitrogens is 1. The highest BCUT2D eigenvalue weighted by Crippen LogP contribution is 2.36. The predicted molar refractivity (Wildman–Crippen MR) is 183 cm³/mol. The molecule has 0 unspecified atom stereocenters. The molecular formula is C38H38F3N5O4. The molecule has 6 rings (SSSR count). The fourth-order valence-corrected chi connectivity index (χ4v) is 6.33. The van der Waals surface area contributed by atoms with Gasteiger partial charge in [-0.3, -0.25) is 24.3 Å². The molecule has 0 spiro atoms. The number of pyridine rings is 1. The molecule has 1 atom stereocenters. The number of carbonyl (C=O) groups excluding carboxylic acids is 3. The Labute approximate surface area is 288 Å². The minimum atomic E-state index is -4.66. The lowest BCUT2D eigenvalue weighted by Gasteiger charge is -2.28. The van der Waals surface area contributed by atoms with E-state index >= 15 is 0 Å². The second kappa shape index (κ2) is 15.2. The van der Waals surface area contributed by atoms with E-state index in [0.717, 1.165) is 56.1 Å². The van der Waals surface area contributed by atoms with Crippen LogP contribution >= 0.6 is 0 Å². The quantitative estimate of drug-likeness (QED) is 0.217. The summed E-state index contributed by atoms with van der Waals surface area (Å²) in [4.78, 5) is 48.2. The van der Waals surface area contributed by atoms with Gasteiger partial charge < -0.3 is 20.3 Å². The average Bonchev–Trinajstić information content (AvgIpc) is 3.14. The Balaban J connectivity index is 1.21. The molecule has 3 aromatic carbocycles. The van der Waals surface area contributed by atoms with Crippen molar-refractivity contribution in [1.82, 2.24) is 20.1 Å². The van der Waals surface area contributed by atoms with Gasteiger partial charge in [-0.1, -0.05) is 30.3 Å². The van der Waals surface area contributed by atoms with Gasteiger partial charge in [0.15, 0.2) is 0 Å². The van der Waals surface area contributed by atoms with Crippen LogP contribution in [0.15, 0.2) is 85.1 Å². The Bertz CT molecular complexity index is 1880. The van der Waals surface area contributed by atoms with Crippen molar-refractivity contribution in [3.63, 3.8) is 0 Å². The van der Waals surface area contributed by atoms with Gasteiger partial charge >= 0.3 is 6.18 Å². The number of hydrogen-bond acceptors (Lipinski definition) is 6. The number of alkyl halides is 3. The highest BCUT2D eigenvalue weighted by atomic mass is 19.4. The molecule has 1 aliphatic carbocycles. The zero-order chi connectivity index (χ0) is 35.3. The van der Waals surface area contributed by atoms with Crippen molar-refractivity contribution in [2.24, 2.45) is 0 Å². The third-order valence-electron chi connectivity index (χ3n) is 9.14. The van der Waals surface area contributed by atoms with Gasteiger partial charge in [0, 0.05) is 61.7 Å². The summed E-state index contributed by atoms with van der Waals surface area (Å²) >= 11 is 0. The van der Waals surface area contributed by atoms with Gasteiger partial charge in [0.05, 0.1) is 36.2 Å². The van der Waals surface area contributed by atoms with Gasteiger partial charge in [0.25, 0.3) is 17.7 Å². The van der Waals surface area contributed by atoms with Gasteiger partial charge in [-0.05, 0) is 78.9 Å². The van der Waals surface area contributed by atoms with Crippen LogP contribution in [0.5, 0.6) is 0 Å². The third kappa shape index (κ3) is 8.20. The van der Waals surface area contributed by atoms with Gasteiger partial charge in [0.2, 0.25) is 0 Å². The average molecular weight is 686 g/mol. The van der Waals surface area contributed by atoms with Gasteiger partial charge in [-0.25, -0.2) is 0 Å². The number of aryl methyl sites for hydroxylation is 1. The maximum Gasteiger partial charge on any atom is 0.416 e. The SMILES string of the molecule is CN(CCN1CCOCC1)C(=O)c1cccc(C(=O)Nc2ccc(C(F)(F)F)cc2-c2cc(C(=O)N[C@H]3CCCc4ccccc43)ccn2)c1. The van der Waals surface area contributed by atoms with E-state index in [4.69, 9.17) is 4.74 Å². The van der Waals surface area contributed by atoms with E-state index < -0.39 is 17.6 Å². The molecular weight excluding hydrogens is 647 g/mol. The van der Waals surface area contributed by atoms with Crippen molar-refractivity contribution in [2.75, 3.05) is 51.8 Å². The minimum Gasteiger partial charge on any atom is -0.379 e. The van der Waals surface area contributed by atoms with Crippen LogP contribution in [0.3, 0.4) is 0 Å². The summed E-state index contributed by atoms with van der Waals surface area (Å²) < 4.78 is 47.0. The van der Waals surface area contributed by atoms with Crippen molar-refractivity contribution >= 4 is 23.4 Å². The molecule has 0 saturated carbocycles. The van der Waals surface area contributed by atoms with Crippen molar-refractivity contribution in [2.45, 2.75) is 31.5 Å². The number of ether oxygens (including phenoxy) is 1. The van der Waals surface area contributed by atoms with Crippen LogP contribution in [-0.2, 0) is 17.3 Å². The summed E-state index contributed by atoms with van der Waals surface area (Å²) in [6.45, 7) is 4.08. The highest BCUT2D eigenvalue weighted by Gasteiger charge is 2.32. The van der Waals surface area contributed by atoms with Gasteiger partial charge in [0.1, 0.15) is 0 Å². The molecule has 50 heavy (non-hydrogen) atoms. The number of fused-ring (bicyclic) bond motifs is 1. The molecule has 1 saturated heterocycles. The van der Waals surface area contributed by atoms with Crippen LogP contribution in [0.1, 0.15) is 66.6 Å². The first kappa shape index (κ1) is 34.8. The van der Waals surface area contributed by atoms with E-state index in [1.54, 1.807) is 24.1 Å². The van der Waals surface area contributed by atoms with Crippen molar-refractivity contribution in [3.8, 4) is 11.3 Å². The van der Waals surface area contributed by atoms with Crippen molar-refractivity contribution < 1.29 is 32.3 Å². The van der Waals surface area contributed by atoms with Crippen LogP contribution in [0.2, 0.25) is 0 Å². The largest absolute Gasteiger partial charge is 0.416 e. The number of amides is 3. The highest BCUT2D eigenvalue weighted by molar-refractivity contribution is 6.08. The summed E-state index contributed by atoms with van der Waals surface area (Å²) in [5, 5.41) is 5.77. The minimum absolute atomic E-state index is 0.0130. The second-order valence-corrected chi connectivity index (χ2v) is 12.5. The van der Waals surface area contributed by atoms with E-state index in [9.17, 15) is 27.6 Å². The molecule has 2 aliphatic rings. The first-order valence-electron chi connectivity index (χ1n) is 16.6. The normalized spacial score (nSPS) is 16.3. The maximum absolute atomic E-state index is 13.9. The number of anilines is 1. The zero-order valence-electron chi connectivity index (χ0n) is 27.6. The van der Waals surface area contributed by atoms with Crippen LogP contribution in [0.25, 0.3) is 11.3 Å². The van der Waals surface area contributed by atoms with Crippen molar-refractivity contribution in [3.05, 3.63) is 118 Å². The number of morpholine rings is 1.